The Bertz CT molecular complexity index is 716. The van der Waals surface area contributed by atoms with E-state index < -0.39 is 0 Å². The fourth-order valence-electron chi connectivity index (χ4n) is 1.48. The van der Waals surface area contributed by atoms with Crippen LogP contribution in [0.5, 0.6) is 0 Å². The summed E-state index contributed by atoms with van der Waals surface area (Å²) >= 11 is 10.6. The third-order valence-electron chi connectivity index (χ3n) is 2.26. The molecule has 2 aromatic heterocycles. The number of nitrogens with zero attached hydrogens (tertiary/aromatic N) is 4. The van der Waals surface area contributed by atoms with Crippen LogP contribution >= 0.6 is 39.3 Å². The highest BCUT2D eigenvalue weighted by Gasteiger charge is 2.10. The van der Waals surface area contributed by atoms with E-state index in [9.17, 15) is 0 Å². The molecule has 0 fully saturated rings. The summed E-state index contributed by atoms with van der Waals surface area (Å²) in [5, 5.41) is 3.71. The van der Waals surface area contributed by atoms with Gasteiger partial charge in [0.15, 0.2) is 0 Å². The van der Waals surface area contributed by atoms with Gasteiger partial charge in [-0.3, -0.25) is 0 Å². The van der Waals surface area contributed by atoms with Crippen molar-refractivity contribution >= 4 is 61.8 Å². The van der Waals surface area contributed by atoms with Gasteiger partial charge in [-0.1, -0.05) is 11.6 Å². The van der Waals surface area contributed by atoms with Crippen molar-refractivity contribution in [3.8, 4) is 0 Å². The van der Waals surface area contributed by atoms with Crippen LogP contribution in [0.1, 0.15) is 0 Å². The zero-order chi connectivity index (χ0) is 12.5. The normalized spacial score (nSPS) is 10.8. The SMILES string of the molecule is Clc1ccc2nsnc2c1Nc1cc(Br)ncn1. The first kappa shape index (κ1) is 11.8. The van der Waals surface area contributed by atoms with E-state index in [1.54, 1.807) is 12.1 Å². The molecular formula is C10H5BrClN5S. The minimum atomic E-state index is 0.574. The van der Waals surface area contributed by atoms with E-state index in [0.29, 0.717) is 21.1 Å². The molecule has 0 spiro atoms. The van der Waals surface area contributed by atoms with E-state index >= 15 is 0 Å². The first-order valence-electron chi connectivity index (χ1n) is 4.89. The highest BCUT2D eigenvalue weighted by molar-refractivity contribution is 9.10. The van der Waals surface area contributed by atoms with E-state index in [0.717, 1.165) is 22.8 Å². The molecule has 0 aliphatic carbocycles. The maximum absolute atomic E-state index is 6.17. The van der Waals surface area contributed by atoms with Crippen molar-refractivity contribution in [2.75, 3.05) is 5.32 Å². The molecule has 0 saturated carbocycles. The van der Waals surface area contributed by atoms with Gasteiger partial charge in [-0.05, 0) is 28.1 Å². The van der Waals surface area contributed by atoms with Crippen LogP contribution in [-0.2, 0) is 0 Å². The molecule has 18 heavy (non-hydrogen) atoms. The average molecular weight is 343 g/mol. The molecule has 1 N–H and O–H groups in total. The lowest BCUT2D eigenvalue weighted by Gasteiger charge is -2.07. The third kappa shape index (κ3) is 2.16. The van der Waals surface area contributed by atoms with Gasteiger partial charge >= 0.3 is 0 Å². The molecule has 8 heteroatoms. The van der Waals surface area contributed by atoms with Gasteiger partial charge in [-0.15, -0.1) is 0 Å². The van der Waals surface area contributed by atoms with Gasteiger partial charge in [-0.2, -0.15) is 8.75 Å². The Hall–Kier alpha value is -1.31. The molecule has 0 amide bonds. The van der Waals surface area contributed by atoms with Crippen LogP contribution in [0.3, 0.4) is 0 Å². The molecule has 0 aliphatic rings. The Balaban J connectivity index is 2.09. The zero-order valence-electron chi connectivity index (χ0n) is 8.76. The van der Waals surface area contributed by atoms with Crippen molar-refractivity contribution in [3.05, 3.63) is 34.2 Å². The summed E-state index contributed by atoms with van der Waals surface area (Å²) < 4.78 is 9.09. The molecule has 0 saturated heterocycles. The monoisotopic (exact) mass is 341 g/mol. The maximum Gasteiger partial charge on any atom is 0.134 e. The van der Waals surface area contributed by atoms with E-state index in [1.165, 1.54) is 6.33 Å². The van der Waals surface area contributed by atoms with Crippen molar-refractivity contribution in [3.63, 3.8) is 0 Å². The van der Waals surface area contributed by atoms with Gasteiger partial charge in [0.1, 0.15) is 27.8 Å². The van der Waals surface area contributed by atoms with Gasteiger partial charge in [-0.25, -0.2) is 9.97 Å². The standard InChI is InChI=1S/C10H5BrClN5S/c11-7-3-8(14-4-13-7)15-9-5(12)1-2-6-10(9)17-18-16-6/h1-4H,(H,13,14,15). The van der Waals surface area contributed by atoms with E-state index in [1.807, 2.05) is 6.07 Å². The maximum atomic E-state index is 6.17. The zero-order valence-corrected chi connectivity index (χ0v) is 11.9. The number of anilines is 2. The molecule has 0 unspecified atom stereocenters. The van der Waals surface area contributed by atoms with Crippen molar-refractivity contribution in [1.82, 2.24) is 18.7 Å². The second-order valence-electron chi connectivity index (χ2n) is 3.41. The van der Waals surface area contributed by atoms with E-state index in [-0.39, 0.29) is 0 Å². The van der Waals surface area contributed by atoms with Crippen LogP contribution in [0.25, 0.3) is 11.0 Å². The predicted molar refractivity (Wildman–Crippen MR) is 75.4 cm³/mol. The smallest absolute Gasteiger partial charge is 0.134 e. The van der Waals surface area contributed by atoms with Gasteiger partial charge < -0.3 is 5.32 Å². The number of halogens is 2. The summed E-state index contributed by atoms with van der Waals surface area (Å²) in [5.41, 5.74) is 2.25. The topological polar surface area (TPSA) is 63.6 Å². The molecule has 3 rings (SSSR count). The number of nitrogens with one attached hydrogen (secondary N) is 1. The highest BCUT2D eigenvalue weighted by Crippen LogP contribution is 2.32. The average Bonchev–Trinajstić information content (AvgIpc) is 2.81. The lowest BCUT2D eigenvalue weighted by Crippen LogP contribution is -1.96. The van der Waals surface area contributed by atoms with Crippen molar-refractivity contribution < 1.29 is 0 Å². The Morgan fingerprint density at radius 2 is 2.11 bits per heavy atom. The van der Waals surface area contributed by atoms with Crippen LogP contribution in [0.4, 0.5) is 11.5 Å². The number of hydrogen-bond donors (Lipinski definition) is 1. The van der Waals surface area contributed by atoms with Crippen molar-refractivity contribution in [2.45, 2.75) is 0 Å². The minimum absolute atomic E-state index is 0.574. The summed E-state index contributed by atoms with van der Waals surface area (Å²) in [6.07, 6.45) is 1.46. The Morgan fingerprint density at radius 1 is 1.22 bits per heavy atom. The van der Waals surface area contributed by atoms with Crippen molar-refractivity contribution in [2.24, 2.45) is 0 Å². The summed E-state index contributed by atoms with van der Waals surface area (Å²) in [6, 6.07) is 5.38. The molecule has 0 aliphatic heterocycles. The predicted octanol–water partition coefficient (Wildman–Crippen LogP) is 3.64. The quantitative estimate of drug-likeness (QED) is 0.720. The molecule has 2 heterocycles. The summed E-state index contributed by atoms with van der Waals surface area (Å²) in [4.78, 5) is 8.07. The molecule has 0 bridgehead atoms. The second-order valence-corrected chi connectivity index (χ2v) is 5.15. The number of hydrogen-bond acceptors (Lipinski definition) is 6. The van der Waals surface area contributed by atoms with Crippen molar-refractivity contribution in [1.29, 1.82) is 0 Å². The number of benzene rings is 1. The summed E-state index contributed by atoms with van der Waals surface area (Å²) in [5.74, 6) is 0.638. The molecule has 0 radical (unpaired) electrons. The largest absolute Gasteiger partial charge is 0.337 e. The van der Waals surface area contributed by atoms with Gasteiger partial charge in [0.2, 0.25) is 0 Å². The van der Waals surface area contributed by atoms with Gasteiger partial charge in [0, 0.05) is 6.07 Å². The lowest BCUT2D eigenvalue weighted by atomic mass is 10.2. The summed E-state index contributed by atoms with van der Waals surface area (Å²) in [6.45, 7) is 0. The van der Waals surface area contributed by atoms with E-state index in [4.69, 9.17) is 11.6 Å². The molecule has 3 aromatic rings. The summed E-state index contributed by atoms with van der Waals surface area (Å²) in [7, 11) is 0. The van der Waals surface area contributed by atoms with Gasteiger partial charge in [0.05, 0.1) is 22.4 Å². The van der Waals surface area contributed by atoms with Crippen LogP contribution in [0.2, 0.25) is 5.02 Å². The second kappa shape index (κ2) is 4.75. The number of rotatable bonds is 2. The Morgan fingerprint density at radius 3 is 2.94 bits per heavy atom. The van der Waals surface area contributed by atoms with Crippen LogP contribution < -0.4 is 5.32 Å². The van der Waals surface area contributed by atoms with Crippen LogP contribution in [0, 0.1) is 0 Å². The first-order chi connectivity index (χ1) is 8.74. The fourth-order valence-corrected chi connectivity index (χ4v) is 2.53. The first-order valence-corrected chi connectivity index (χ1v) is 6.79. The number of fused-ring (bicyclic) bond motifs is 1. The van der Waals surface area contributed by atoms with Crippen LogP contribution in [-0.4, -0.2) is 18.7 Å². The Labute approximate surface area is 120 Å². The third-order valence-corrected chi connectivity index (χ3v) is 3.56. The minimum Gasteiger partial charge on any atom is -0.337 e. The molecule has 5 nitrogen and oxygen atoms in total. The van der Waals surface area contributed by atoms with Gasteiger partial charge in [0.25, 0.3) is 0 Å². The van der Waals surface area contributed by atoms with Crippen LogP contribution in [0.15, 0.2) is 29.1 Å². The lowest BCUT2D eigenvalue weighted by molar-refractivity contribution is 1.14. The highest BCUT2D eigenvalue weighted by atomic mass is 79.9. The molecular weight excluding hydrogens is 338 g/mol. The number of aromatic nitrogens is 4. The fraction of sp³-hybridized carbons (Fsp3) is 0. The Kier molecular flexibility index (Phi) is 3.11. The van der Waals surface area contributed by atoms with E-state index in [2.05, 4.69) is 40.0 Å². The molecule has 0 atom stereocenters. The molecule has 90 valence electrons. The molecule has 1 aromatic carbocycles.